The SMILES string of the molecule is CC(C)C[C@@H]1NC(=O)[C@H](C)NC(=O)[C@H](CCC(=O)OCc2ccccc2)NC(=O)C[C@@H](C2O[C@@H]3OC(C)(C)O[C@@H]3[C@H]2OCc2ccccc2)NC1=O. The predicted octanol–water partition coefficient (Wildman–Crippen LogP) is 2.38. The van der Waals surface area contributed by atoms with E-state index in [1.165, 1.54) is 6.92 Å². The Morgan fingerprint density at radius 2 is 1.44 bits per heavy atom. The van der Waals surface area contributed by atoms with Crippen LogP contribution >= 0.6 is 0 Å². The molecule has 14 nitrogen and oxygen atoms in total. The first-order valence-electron chi connectivity index (χ1n) is 17.8. The van der Waals surface area contributed by atoms with Crippen LogP contribution in [0.5, 0.6) is 0 Å². The van der Waals surface area contributed by atoms with Crippen molar-refractivity contribution in [2.75, 3.05) is 0 Å². The van der Waals surface area contributed by atoms with Gasteiger partial charge in [-0.1, -0.05) is 74.5 Å². The first-order valence-corrected chi connectivity index (χ1v) is 17.8. The first-order chi connectivity index (χ1) is 24.8. The Morgan fingerprint density at radius 3 is 2.10 bits per heavy atom. The quantitative estimate of drug-likeness (QED) is 0.252. The molecule has 8 atom stereocenters. The van der Waals surface area contributed by atoms with Crippen molar-refractivity contribution < 1.29 is 47.7 Å². The lowest BCUT2D eigenvalue weighted by molar-refractivity contribution is -0.222. The van der Waals surface area contributed by atoms with Crippen LogP contribution in [0.15, 0.2) is 60.7 Å². The molecule has 3 heterocycles. The summed E-state index contributed by atoms with van der Waals surface area (Å²) in [7, 11) is 0. The monoisotopic (exact) mass is 722 g/mol. The van der Waals surface area contributed by atoms with E-state index in [-0.39, 0.29) is 44.8 Å². The van der Waals surface area contributed by atoms with E-state index in [2.05, 4.69) is 21.3 Å². The molecule has 3 aliphatic heterocycles. The highest BCUT2D eigenvalue weighted by atomic mass is 16.8. The van der Waals surface area contributed by atoms with Crippen molar-refractivity contribution in [3.63, 3.8) is 0 Å². The van der Waals surface area contributed by atoms with Gasteiger partial charge in [0.1, 0.15) is 43.0 Å². The summed E-state index contributed by atoms with van der Waals surface area (Å²) in [4.78, 5) is 67.3. The molecule has 0 spiro atoms. The lowest BCUT2D eigenvalue weighted by Crippen LogP contribution is -2.57. The van der Waals surface area contributed by atoms with Crippen LogP contribution in [0, 0.1) is 5.92 Å². The molecule has 0 aliphatic carbocycles. The molecule has 4 N–H and O–H groups in total. The number of amides is 4. The van der Waals surface area contributed by atoms with Gasteiger partial charge in [-0.25, -0.2) is 0 Å². The van der Waals surface area contributed by atoms with E-state index >= 15 is 0 Å². The molecule has 3 fully saturated rings. The smallest absolute Gasteiger partial charge is 0.306 e. The van der Waals surface area contributed by atoms with Crippen molar-refractivity contribution in [2.24, 2.45) is 5.92 Å². The molecular formula is C38H50N4O10. The topological polar surface area (TPSA) is 180 Å². The third kappa shape index (κ3) is 10.6. The lowest BCUT2D eigenvalue weighted by Gasteiger charge is -2.32. The van der Waals surface area contributed by atoms with E-state index in [4.69, 9.17) is 23.7 Å². The second kappa shape index (κ2) is 17.4. The Balaban J connectivity index is 1.38. The molecule has 3 aliphatic rings. The summed E-state index contributed by atoms with van der Waals surface area (Å²) in [5.74, 6) is -3.89. The average Bonchev–Trinajstić information content (AvgIpc) is 3.58. The third-order valence-electron chi connectivity index (χ3n) is 9.07. The van der Waals surface area contributed by atoms with Crippen LogP contribution in [0.25, 0.3) is 0 Å². The van der Waals surface area contributed by atoms with Crippen LogP contribution in [0.1, 0.15) is 71.4 Å². The summed E-state index contributed by atoms with van der Waals surface area (Å²) in [5, 5.41) is 11.1. The van der Waals surface area contributed by atoms with Crippen LogP contribution in [0.4, 0.5) is 0 Å². The van der Waals surface area contributed by atoms with Gasteiger partial charge < -0.3 is 45.0 Å². The van der Waals surface area contributed by atoms with Crippen molar-refractivity contribution in [1.29, 1.82) is 0 Å². The van der Waals surface area contributed by atoms with Crippen molar-refractivity contribution >= 4 is 29.6 Å². The Hall–Kier alpha value is -4.37. The number of hydrogen-bond acceptors (Lipinski definition) is 10. The number of benzene rings is 2. The molecule has 14 heteroatoms. The molecule has 0 saturated carbocycles. The zero-order chi connectivity index (χ0) is 37.4. The summed E-state index contributed by atoms with van der Waals surface area (Å²) in [6.07, 6.45) is -3.56. The van der Waals surface area contributed by atoms with Gasteiger partial charge in [0.15, 0.2) is 12.1 Å². The summed E-state index contributed by atoms with van der Waals surface area (Å²) < 4.78 is 30.4. The molecule has 3 saturated heterocycles. The van der Waals surface area contributed by atoms with Gasteiger partial charge in [0.2, 0.25) is 23.6 Å². The molecule has 0 bridgehead atoms. The Labute approximate surface area is 304 Å². The minimum Gasteiger partial charge on any atom is -0.461 e. The van der Waals surface area contributed by atoms with E-state index in [1.807, 2.05) is 74.5 Å². The standard InChI is InChI=1S/C38H50N4O10/c1-22(2)18-28-36(47)41-27(31-32(49-21-25-14-10-7-11-15-25)33-37(50-31)52-38(4,5)51-33)19-29(43)40-26(35(46)39-23(3)34(45)42-28)16-17-30(44)48-20-24-12-8-6-9-13-24/h6-15,22-23,26-28,31-33,37H,16-21H2,1-5H3,(H,39,46)(H,40,43)(H,41,47)(H,42,45)/t23-,26-,27-,28-,31?,32-,33+,37+/m0/s1. The molecule has 282 valence electrons. The molecule has 5 rings (SSSR count). The predicted molar refractivity (Wildman–Crippen MR) is 187 cm³/mol. The first kappa shape index (κ1) is 38.9. The number of rotatable bonds is 11. The van der Waals surface area contributed by atoms with Gasteiger partial charge in [-0.2, -0.15) is 0 Å². The largest absolute Gasteiger partial charge is 0.461 e. The van der Waals surface area contributed by atoms with Crippen molar-refractivity contribution in [3.8, 4) is 0 Å². The average molecular weight is 723 g/mol. The fourth-order valence-electron chi connectivity index (χ4n) is 6.49. The Bertz CT molecular complexity index is 1560. The number of nitrogens with one attached hydrogen (secondary N) is 4. The van der Waals surface area contributed by atoms with Gasteiger partial charge in [-0.05, 0) is 50.7 Å². The molecule has 1 unspecified atom stereocenters. The number of esters is 1. The normalized spacial score (nSPS) is 29.4. The van der Waals surface area contributed by atoms with Crippen molar-refractivity contribution in [1.82, 2.24) is 21.3 Å². The highest BCUT2D eigenvalue weighted by Gasteiger charge is 2.57. The maximum Gasteiger partial charge on any atom is 0.306 e. The number of fused-ring (bicyclic) bond motifs is 1. The second-order valence-electron chi connectivity index (χ2n) is 14.4. The summed E-state index contributed by atoms with van der Waals surface area (Å²) in [5.41, 5.74) is 1.70. The molecule has 2 aromatic rings. The number of ether oxygens (including phenoxy) is 5. The molecule has 0 aromatic heterocycles. The van der Waals surface area contributed by atoms with Crippen LogP contribution in [-0.2, 0) is 60.9 Å². The minimum atomic E-state index is -1.20. The lowest BCUT2D eigenvalue weighted by atomic mass is 9.97. The van der Waals surface area contributed by atoms with E-state index in [1.54, 1.807) is 13.8 Å². The maximum atomic E-state index is 13.9. The fraction of sp³-hybridized carbons (Fsp3) is 0.553. The summed E-state index contributed by atoms with van der Waals surface area (Å²) >= 11 is 0. The highest BCUT2D eigenvalue weighted by molar-refractivity contribution is 5.95. The van der Waals surface area contributed by atoms with Gasteiger partial charge in [0.25, 0.3) is 0 Å². The molecular weight excluding hydrogens is 672 g/mol. The van der Waals surface area contributed by atoms with Crippen LogP contribution in [0.2, 0.25) is 0 Å². The van der Waals surface area contributed by atoms with Crippen LogP contribution < -0.4 is 21.3 Å². The molecule has 2 aromatic carbocycles. The van der Waals surface area contributed by atoms with Crippen LogP contribution in [0.3, 0.4) is 0 Å². The third-order valence-corrected chi connectivity index (χ3v) is 9.07. The van der Waals surface area contributed by atoms with E-state index in [9.17, 15) is 24.0 Å². The van der Waals surface area contributed by atoms with E-state index in [0.717, 1.165) is 11.1 Å². The van der Waals surface area contributed by atoms with E-state index < -0.39 is 84.2 Å². The van der Waals surface area contributed by atoms with Crippen LogP contribution in [-0.4, -0.2) is 84.2 Å². The number of hydrogen-bond donors (Lipinski definition) is 4. The minimum absolute atomic E-state index is 0.0116. The fourth-order valence-corrected chi connectivity index (χ4v) is 6.49. The number of carbonyl (C=O) groups excluding carboxylic acids is 5. The maximum absolute atomic E-state index is 13.9. The zero-order valence-electron chi connectivity index (χ0n) is 30.3. The van der Waals surface area contributed by atoms with Crippen molar-refractivity contribution in [2.45, 2.75) is 128 Å². The van der Waals surface area contributed by atoms with Gasteiger partial charge in [0.05, 0.1) is 12.6 Å². The van der Waals surface area contributed by atoms with Gasteiger partial charge in [-0.15, -0.1) is 0 Å². The second-order valence-corrected chi connectivity index (χ2v) is 14.4. The number of carbonyl (C=O) groups is 5. The van der Waals surface area contributed by atoms with Gasteiger partial charge in [-0.3, -0.25) is 24.0 Å². The highest BCUT2D eigenvalue weighted by Crippen LogP contribution is 2.40. The zero-order valence-corrected chi connectivity index (χ0v) is 30.3. The summed E-state index contributed by atoms with van der Waals surface area (Å²) in [6.45, 7) is 9.07. The molecule has 52 heavy (non-hydrogen) atoms. The molecule has 4 amide bonds. The summed E-state index contributed by atoms with van der Waals surface area (Å²) in [6, 6.07) is 14.4. The van der Waals surface area contributed by atoms with Gasteiger partial charge >= 0.3 is 5.97 Å². The Morgan fingerprint density at radius 1 is 0.808 bits per heavy atom. The van der Waals surface area contributed by atoms with Crippen molar-refractivity contribution in [3.05, 3.63) is 71.8 Å². The van der Waals surface area contributed by atoms with E-state index in [0.29, 0.717) is 0 Å². The molecule has 0 radical (unpaired) electrons. The van der Waals surface area contributed by atoms with Gasteiger partial charge in [0, 0.05) is 12.8 Å². The Kier molecular flexibility index (Phi) is 13.0.